The van der Waals surface area contributed by atoms with Crippen molar-refractivity contribution in [3.05, 3.63) is 11.4 Å². The van der Waals surface area contributed by atoms with Gasteiger partial charge < -0.3 is 5.32 Å². The largest absolute Gasteiger partial charge is 0.309 e. The lowest BCUT2D eigenvalue weighted by Gasteiger charge is -2.17. The highest BCUT2D eigenvalue weighted by atomic mass is 32.2. The summed E-state index contributed by atoms with van der Waals surface area (Å²) >= 11 is 0. The third-order valence-corrected chi connectivity index (χ3v) is 4.91. The highest BCUT2D eigenvalue weighted by Gasteiger charge is 2.27. The molecule has 1 aromatic heterocycles. The molecule has 1 heterocycles. The van der Waals surface area contributed by atoms with Crippen molar-refractivity contribution in [1.82, 2.24) is 19.8 Å². The predicted octanol–water partition coefficient (Wildman–Crippen LogP) is 1.25. The van der Waals surface area contributed by atoms with E-state index in [1.54, 1.807) is 14.0 Å². The number of hydrogen-bond donors (Lipinski definition) is 2. The van der Waals surface area contributed by atoms with Gasteiger partial charge in [-0.3, -0.25) is 5.10 Å². The van der Waals surface area contributed by atoms with Crippen LogP contribution in [0.5, 0.6) is 0 Å². The summed E-state index contributed by atoms with van der Waals surface area (Å²) in [6, 6.07) is 0.279. The zero-order valence-electron chi connectivity index (χ0n) is 12.3. The van der Waals surface area contributed by atoms with Gasteiger partial charge in [0.2, 0.25) is 10.0 Å². The first-order valence-corrected chi connectivity index (χ1v) is 7.98. The normalized spacial score (nSPS) is 12.6. The Morgan fingerprint density at radius 1 is 1.42 bits per heavy atom. The summed E-state index contributed by atoms with van der Waals surface area (Å²) in [6.45, 7) is 8.66. The smallest absolute Gasteiger partial charge is 0.246 e. The van der Waals surface area contributed by atoms with Crippen molar-refractivity contribution in [3.8, 4) is 0 Å². The van der Waals surface area contributed by atoms with Gasteiger partial charge in [0.15, 0.2) is 0 Å². The number of sulfonamides is 1. The van der Waals surface area contributed by atoms with Gasteiger partial charge in [-0.05, 0) is 13.3 Å². The van der Waals surface area contributed by atoms with Crippen LogP contribution >= 0.6 is 0 Å². The van der Waals surface area contributed by atoms with E-state index in [-0.39, 0.29) is 6.04 Å². The number of aryl methyl sites for hydroxylation is 1. The number of nitrogens with one attached hydrogen (secondary N) is 2. The van der Waals surface area contributed by atoms with Gasteiger partial charge >= 0.3 is 0 Å². The van der Waals surface area contributed by atoms with Crippen molar-refractivity contribution in [3.63, 3.8) is 0 Å². The van der Waals surface area contributed by atoms with Gasteiger partial charge in [-0.15, -0.1) is 0 Å². The third-order valence-electron chi connectivity index (χ3n) is 2.85. The Labute approximate surface area is 115 Å². The molecule has 0 unspecified atom stereocenters. The molecule has 1 aromatic rings. The topological polar surface area (TPSA) is 78.1 Å². The molecule has 0 saturated carbocycles. The molecule has 0 saturated heterocycles. The second-order valence-corrected chi connectivity index (χ2v) is 6.97. The molecule has 0 aliphatic rings. The van der Waals surface area contributed by atoms with Crippen LogP contribution in [0.1, 0.15) is 38.6 Å². The van der Waals surface area contributed by atoms with Crippen LogP contribution < -0.4 is 5.32 Å². The minimum absolute atomic E-state index is 0.279. The number of hydrogen-bond acceptors (Lipinski definition) is 4. The highest BCUT2D eigenvalue weighted by Crippen LogP contribution is 2.21. The number of aromatic amines is 1. The lowest BCUT2D eigenvalue weighted by molar-refractivity contribution is 0.466. The van der Waals surface area contributed by atoms with E-state index in [0.717, 1.165) is 6.42 Å². The van der Waals surface area contributed by atoms with Gasteiger partial charge in [0.1, 0.15) is 4.90 Å². The summed E-state index contributed by atoms with van der Waals surface area (Å²) in [5.41, 5.74) is 1.14. The van der Waals surface area contributed by atoms with Crippen molar-refractivity contribution >= 4 is 10.0 Å². The molecule has 0 aromatic carbocycles. The summed E-state index contributed by atoms with van der Waals surface area (Å²) in [4.78, 5) is 0.302. The molecule has 0 spiro atoms. The first-order chi connectivity index (χ1) is 8.80. The lowest BCUT2D eigenvalue weighted by Crippen LogP contribution is -2.30. The summed E-state index contributed by atoms with van der Waals surface area (Å²) in [5.74, 6) is 0. The zero-order valence-corrected chi connectivity index (χ0v) is 13.1. The summed E-state index contributed by atoms with van der Waals surface area (Å²) in [5, 5.41) is 10.1. The molecule has 2 N–H and O–H groups in total. The second kappa shape index (κ2) is 6.49. The van der Waals surface area contributed by atoms with E-state index >= 15 is 0 Å². The Bertz CT molecular complexity index is 508. The molecule has 19 heavy (non-hydrogen) atoms. The van der Waals surface area contributed by atoms with Crippen molar-refractivity contribution < 1.29 is 8.42 Å². The first kappa shape index (κ1) is 16.1. The molecule has 7 heteroatoms. The fraction of sp³-hybridized carbons (Fsp3) is 0.750. The molecule has 0 atom stereocenters. The molecule has 0 bridgehead atoms. The molecular formula is C12H24N4O2S. The molecule has 0 radical (unpaired) electrons. The third kappa shape index (κ3) is 3.77. The molecular weight excluding hydrogens is 264 g/mol. The van der Waals surface area contributed by atoms with Gasteiger partial charge in [-0.2, -0.15) is 5.10 Å². The molecule has 110 valence electrons. The summed E-state index contributed by atoms with van der Waals surface area (Å²) < 4.78 is 26.4. The van der Waals surface area contributed by atoms with E-state index in [1.807, 2.05) is 20.8 Å². The minimum atomic E-state index is -3.47. The van der Waals surface area contributed by atoms with Crippen LogP contribution in [0.2, 0.25) is 0 Å². The number of H-pyrrole nitrogens is 1. The highest BCUT2D eigenvalue weighted by molar-refractivity contribution is 7.89. The molecule has 0 aliphatic carbocycles. The summed E-state index contributed by atoms with van der Waals surface area (Å²) in [7, 11) is -1.87. The molecule has 0 fully saturated rings. The van der Waals surface area contributed by atoms with E-state index in [2.05, 4.69) is 15.5 Å². The lowest BCUT2D eigenvalue weighted by atomic mass is 10.3. The SMILES string of the molecule is CCCN(C)S(=O)(=O)c1c(CNC(C)C)n[nH]c1C. The standard InChI is InChI=1S/C12H24N4O2S/c1-6-7-16(5)19(17,18)12-10(4)14-15-11(12)8-13-9(2)3/h9,13H,6-8H2,1-5H3,(H,14,15). The Kier molecular flexibility index (Phi) is 5.51. The zero-order chi connectivity index (χ0) is 14.6. The van der Waals surface area contributed by atoms with Crippen LogP contribution in [-0.4, -0.2) is 42.6 Å². The van der Waals surface area contributed by atoms with E-state index in [4.69, 9.17) is 0 Å². The van der Waals surface area contributed by atoms with Gasteiger partial charge in [0, 0.05) is 26.2 Å². The maximum atomic E-state index is 12.5. The minimum Gasteiger partial charge on any atom is -0.309 e. The van der Waals surface area contributed by atoms with Gasteiger partial charge in [0.25, 0.3) is 0 Å². The average molecular weight is 288 g/mol. The maximum absolute atomic E-state index is 12.5. The Hall–Kier alpha value is -0.920. The fourth-order valence-corrected chi connectivity index (χ4v) is 3.41. The van der Waals surface area contributed by atoms with Crippen LogP contribution in [0.15, 0.2) is 4.90 Å². The molecule has 1 rings (SSSR count). The van der Waals surface area contributed by atoms with E-state index < -0.39 is 10.0 Å². The Morgan fingerprint density at radius 3 is 2.58 bits per heavy atom. The first-order valence-electron chi connectivity index (χ1n) is 6.54. The van der Waals surface area contributed by atoms with Crippen LogP contribution in [-0.2, 0) is 16.6 Å². The van der Waals surface area contributed by atoms with Crippen molar-refractivity contribution in [2.24, 2.45) is 0 Å². The van der Waals surface area contributed by atoms with Crippen LogP contribution in [0, 0.1) is 6.92 Å². The molecule has 6 nitrogen and oxygen atoms in total. The Balaban J connectivity index is 3.08. The van der Waals surface area contributed by atoms with Gasteiger partial charge in [-0.1, -0.05) is 20.8 Å². The second-order valence-electron chi connectivity index (χ2n) is 4.99. The van der Waals surface area contributed by atoms with Crippen molar-refractivity contribution in [1.29, 1.82) is 0 Å². The molecule has 0 amide bonds. The molecule has 0 aliphatic heterocycles. The number of nitrogens with zero attached hydrogens (tertiary/aromatic N) is 2. The van der Waals surface area contributed by atoms with Crippen molar-refractivity contribution in [2.75, 3.05) is 13.6 Å². The maximum Gasteiger partial charge on any atom is 0.246 e. The van der Waals surface area contributed by atoms with Crippen LogP contribution in [0.4, 0.5) is 0 Å². The Morgan fingerprint density at radius 2 is 2.05 bits per heavy atom. The van der Waals surface area contributed by atoms with Gasteiger partial charge in [0.05, 0.1) is 11.4 Å². The number of aromatic nitrogens is 2. The van der Waals surface area contributed by atoms with Crippen LogP contribution in [0.3, 0.4) is 0 Å². The predicted molar refractivity (Wildman–Crippen MR) is 75.4 cm³/mol. The number of rotatable bonds is 7. The van der Waals surface area contributed by atoms with Gasteiger partial charge in [-0.25, -0.2) is 12.7 Å². The quantitative estimate of drug-likeness (QED) is 0.791. The average Bonchev–Trinajstić information content (AvgIpc) is 2.68. The van der Waals surface area contributed by atoms with E-state index in [1.165, 1.54) is 4.31 Å². The van der Waals surface area contributed by atoms with Crippen LogP contribution in [0.25, 0.3) is 0 Å². The summed E-state index contributed by atoms with van der Waals surface area (Å²) in [6.07, 6.45) is 0.784. The van der Waals surface area contributed by atoms with E-state index in [9.17, 15) is 8.42 Å². The van der Waals surface area contributed by atoms with Crippen molar-refractivity contribution in [2.45, 2.75) is 51.6 Å². The fourth-order valence-electron chi connectivity index (χ4n) is 1.82. The monoisotopic (exact) mass is 288 g/mol. The van der Waals surface area contributed by atoms with E-state index in [0.29, 0.717) is 29.4 Å².